The molecule has 0 spiro atoms. The van der Waals surface area contributed by atoms with E-state index in [-0.39, 0.29) is 54.7 Å². The number of carbonyl (C=O) groups excluding carboxylic acids is 3. The van der Waals surface area contributed by atoms with Crippen molar-refractivity contribution < 1.29 is 33.3 Å². The largest absolute Gasteiger partial charge is 0.497 e. The van der Waals surface area contributed by atoms with Crippen molar-refractivity contribution in [3.05, 3.63) is 113 Å². The summed E-state index contributed by atoms with van der Waals surface area (Å²) in [5, 5.41) is 13.7. The molecule has 2 aliphatic rings. The van der Waals surface area contributed by atoms with Crippen LogP contribution in [-0.4, -0.2) is 66.0 Å². The van der Waals surface area contributed by atoms with Gasteiger partial charge in [-0.2, -0.15) is 5.10 Å². The minimum absolute atomic E-state index is 0.0164. The summed E-state index contributed by atoms with van der Waals surface area (Å²) in [6, 6.07) is 26.3. The molecule has 3 amide bonds. The summed E-state index contributed by atoms with van der Waals surface area (Å²) >= 11 is 0. The molecule has 1 heterocycles. The minimum atomic E-state index is -0.496. The van der Waals surface area contributed by atoms with Crippen LogP contribution >= 0.6 is 0 Å². The Morgan fingerprint density at radius 1 is 0.704 bits per heavy atom. The molecule has 4 atom stereocenters. The second-order valence-electron chi connectivity index (χ2n) is 13.9. The molecule has 0 saturated heterocycles. The van der Waals surface area contributed by atoms with E-state index in [1.807, 2.05) is 66.7 Å². The van der Waals surface area contributed by atoms with Crippen LogP contribution in [0.3, 0.4) is 0 Å². The first kappa shape index (κ1) is 38.5. The zero-order valence-corrected chi connectivity index (χ0v) is 31.1. The van der Waals surface area contributed by atoms with E-state index < -0.39 is 11.8 Å². The number of nitrogens with zero attached hydrogens (tertiary/aromatic N) is 2. The molecule has 1 aromatic heterocycles. The van der Waals surface area contributed by atoms with Crippen molar-refractivity contribution >= 4 is 17.7 Å². The van der Waals surface area contributed by atoms with Crippen molar-refractivity contribution in [3.8, 4) is 11.5 Å². The fraction of sp³-hybridized carbons (Fsp3) is 0.429. The summed E-state index contributed by atoms with van der Waals surface area (Å²) in [6.07, 6.45) is 6.83. The number of amides is 3. The Kier molecular flexibility index (Phi) is 13.7. The molecule has 286 valence electrons. The summed E-state index contributed by atoms with van der Waals surface area (Å²) in [6.45, 7) is 0.800. The van der Waals surface area contributed by atoms with Crippen LogP contribution < -0.4 is 25.4 Å². The Morgan fingerprint density at radius 3 is 1.89 bits per heavy atom. The summed E-state index contributed by atoms with van der Waals surface area (Å²) in [7, 11) is 3.12. The lowest BCUT2D eigenvalue weighted by Crippen LogP contribution is -2.48. The summed E-state index contributed by atoms with van der Waals surface area (Å²) in [4.78, 5) is 41.2. The van der Waals surface area contributed by atoms with E-state index in [0.29, 0.717) is 24.7 Å². The van der Waals surface area contributed by atoms with E-state index in [2.05, 4.69) is 21.0 Å². The predicted octanol–water partition coefficient (Wildman–Crippen LogP) is 5.73. The first-order chi connectivity index (χ1) is 26.4. The van der Waals surface area contributed by atoms with Gasteiger partial charge < -0.3 is 34.9 Å². The average Bonchev–Trinajstić information content (AvgIpc) is 3.63. The van der Waals surface area contributed by atoms with Gasteiger partial charge in [0.25, 0.3) is 11.8 Å². The lowest BCUT2D eigenvalue weighted by molar-refractivity contribution is -0.124. The van der Waals surface area contributed by atoms with Crippen molar-refractivity contribution in [1.29, 1.82) is 0 Å². The highest BCUT2D eigenvalue weighted by Crippen LogP contribution is 2.26. The first-order valence-electron chi connectivity index (χ1n) is 18.9. The van der Waals surface area contributed by atoms with E-state index >= 15 is 0 Å². The molecule has 0 bridgehead atoms. The number of rotatable bonds is 16. The van der Waals surface area contributed by atoms with Crippen LogP contribution in [0.15, 0.2) is 84.9 Å². The maximum Gasteiger partial charge on any atom is 0.272 e. The molecule has 2 saturated carbocycles. The van der Waals surface area contributed by atoms with E-state index in [0.717, 1.165) is 68.1 Å². The smallest absolute Gasteiger partial charge is 0.272 e. The third-order valence-electron chi connectivity index (χ3n) is 10.2. The number of methoxy groups -OCH3 is 2. The van der Waals surface area contributed by atoms with Gasteiger partial charge in [0, 0.05) is 24.2 Å². The number of aromatic nitrogens is 2. The molecule has 4 aromatic rings. The van der Waals surface area contributed by atoms with Gasteiger partial charge in [-0.15, -0.1) is 0 Å². The summed E-state index contributed by atoms with van der Waals surface area (Å²) in [5.41, 5.74) is 3.00. The van der Waals surface area contributed by atoms with Gasteiger partial charge in [0.1, 0.15) is 23.7 Å². The second kappa shape index (κ2) is 19.2. The molecule has 2 fully saturated rings. The zero-order chi connectivity index (χ0) is 37.7. The molecular weight excluding hydrogens is 686 g/mol. The summed E-state index contributed by atoms with van der Waals surface area (Å²) < 4.78 is 24.7. The normalized spacial score (nSPS) is 19.7. The van der Waals surface area contributed by atoms with E-state index in [9.17, 15) is 14.4 Å². The second-order valence-corrected chi connectivity index (χ2v) is 13.9. The van der Waals surface area contributed by atoms with Crippen molar-refractivity contribution in [1.82, 2.24) is 25.7 Å². The quantitative estimate of drug-likeness (QED) is 0.132. The fourth-order valence-electron chi connectivity index (χ4n) is 7.20. The number of hydrogen-bond acceptors (Lipinski definition) is 8. The number of ether oxygens (including phenoxy) is 4. The number of hydrogen-bond donors (Lipinski definition) is 3. The molecule has 0 radical (unpaired) electrons. The number of carbonyl (C=O) groups is 3. The van der Waals surface area contributed by atoms with Gasteiger partial charge in [-0.1, -0.05) is 86.3 Å². The zero-order valence-electron chi connectivity index (χ0n) is 31.1. The van der Waals surface area contributed by atoms with Gasteiger partial charge in [0.2, 0.25) is 5.91 Å². The van der Waals surface area contributed by atoms with Crippen molar-refractivity contribution in [2.45, 2.75) is 102 Å². The minimum Gasteiger partial charge on any atom is -0.497 e. The molecule has 2 aliphatic carbocycles. The third kappa shape index (κ3) is 10.5. The van der Waals surface area contributed by atoms with Gasteiger partial charge in [-0.25, -0.2) is 4.68 Å². The average molecular weight is 738 g/mol. The van der Waals surface area contributed by atoms with Crippen LogP contribution in [0, 0.1) is 0 Å². The molecule has 6 rings (SSSR count). The Hall–Kier alpha value is -5.20. The Balaban J connectivity index is 1.16. The van der Waals surface area contributed by atoms with Crippen molar-refractivity contribution in [2.24, 2.45) is 0 Å². The highest BCUT2D eigenvalue weighted by atomic mass is 16.5. The van der Waals surface area contributed by atoms with Crippen LogP contribution in [-0.2, 0) is 40.6 Å². The van der Waals surface area contributed by atoms with Gasteiger partial charge in [0.05, 0.1) is 51.7 Å². The molecule has 0 aliphatic heterocycles. The maximum atomic E-state index is 14.0. The molecular formula is C42H51N5O7. The van der Waals surface area contributed by atoms with E-state index in [4.69, 9.17) is 18.9 Å². The maximum absolute atomic E-state index is 14.0. The molecule has 54 heavy (non-hydrogen) atoms. The lowest BCUT2D eigenvalue weighted by Gasteiger charge is -2.32. The number of benzene rings is 3. The predicted molar refractivity (Wildman–Crippen MR) is 203 cm³/mol. The number of nitrogens with one attached hydrogen (secondary N) is 3. The molecule has 0 unspecified atom stereocenters. The highest BCUT2D eigenvalue weighted by Gasteiger charge is 2.31. The monoisotopic (exact) mass is 737 g/mol. The SMILES string of the molecule is COc1ccc(CNC(=O)c2cc(C(=O)N[C@H]3CCCC[C@@H]3OCc3ccccc3)n(CC(=O)N[C@H]3CCCC[C@@H]3OCc3ccccc3)n2)c(OC)c1. The summed E-state index contributed by atoms with van der Waals surface area (Å²) in [5.74, 6) is -0.0496. The van der Waals surface area contributed by atoms with Crippen molar-refractivity contribution in [2.75, 3.05) is 14.2 Å². The molecule has 12 nitrogen and oxygen atoms in total. The topological polar surface area (TPSA) is 142 Å². The first-order valence-corrected chi connectivity index (χ1v) is 18.9. The van der Waals surface area contributed by atoms with E-state index in [1.165, 1.54) is 10.7 Å². The van der Waals surface area contributed by atoms with Crippen molar-refractivity contribution in [3.63, 3.8) is 0 Å². The van der Waals surface area contributed by atoms with Gasteiger partial charge >= 0.3 is 0 Å². The molecule has 3 N–H and O–H groups in total. The van der Waals surface area contributed by atoms with Crippen LogP contribution in [0.2, 0.25) is 0 Å². The highest BCUT2D eigenvalue weighted by molar-refractivity contribution is 5.98. The van der Waals surface area contributed by atoms with Gasteiger partial charge in [-0.05, 0) is 48.9 Å². The van der Waals surface area contributed by atoms with Crippen LogP contribution in [0.4, 0.5) is 0 Å². The van der Waals surface area contributed by atoms with Gasteiger partial charge in [-0.3, -0.25) is 14.4 Å². The third-order valence-corrected chi connectivity index (χ3v) is 10.2. The van der Waals surface area contributed by atoms with Gasteiger partial charge in [0.15, 0.2) is 5.69 Å². The molecule has 12 heteroatoms. The van der Waals surface area contributed by atoms with E-state index in [1.54, 1.807) is 26.4 Å². The Morgan fingerprint density at radius 2 is 1.30 bits per heavy atom. The van der Waals surface area contributed by atoms with Crippen LogP contribution in [0.5, 0.6) is 11.5 Å². The Bertz CT molecular complexity index is 1830. The van der Waals surface area contributed by atoms with Crippen LogP contribution in [0.25, 0.3) is 0 Å². The van der Waals surface area contributed by atoms with Crippen LogP contribution in [0.1, 0.15) is 89.0 Å². The molecule has 3 aromatic carbocycles. The lowest BCUT2D eigenvalue weighted by atomic mass is 9.92. The Labute approximate surface area is 316 Å². The standard InChI is InChI=1S/C42H51N5O7/c1-51-32-22-21-31(39(23-32)52-2)25-43-41(49)35-24-36(42(50)45-34-18-10-12-20-38(34)54-28-30-15-7-4-8-16-30)47(46-35)26-40(48)44-33-17-9-11-19-37(33)53-27-29-13-5-3-6-14-29/h3-8,13-16,21-24,33-34,37-38H,9-12,17-20,25-28H2,1-2H3,(H,43,49)(H,44,48)(H,45,50)/t33-,34-,37-,38-/m0/s1. The fourth-order valence-corrected chi connectivity index (χ4v) is 7.20.